The summed E-state index contributed by atoms with van der Waals surface area (Å²) < 4.78 is 16.9. The van der Waals surface area contributed by atoms with Gasteiger partial charge < -0.3 is 11.6 Å². The quantitative estimate of drug-likeness (QED) is 0.697. The van der Waals surface area contributed by atoms with Crippen LogP contribution in [0.5, 0.6) is 0 Å². The lowest BCUT2D eigenvalue weighted by Gasteiger charge is -2.16. The van der Waals surface area contributed by atoms with Crippen molar-refractivity contribution in [2.45, 2.75) is 32.4 Å². The fraction of sp³-hybridized carbons (Fsp3) is 0.294. The third-order valence-corrected chi connectivity index (χ3v) is 5.61. The van der Waals surface area contributed by atoms with E-state index < -0.39 is 17.1 Å². The second-order valence-electron chi connectivity index (χ2n) is 6.32. The zero-order valence-corrected chi connectivity index (χ0v) is 14.4. The van der Waals surface area contributed by atoms with Gasteiger partial charge in [-0.25, -0.2) is 9.18 Å². The first-order valence-electron chi connectivity index (χ1n) is 7.97. The van der Waals surface area contributed by atoms with Crippen molar-refractivity contribution in [1.29, 1.82) is 0 Å². The van der Waals surface area contributed by atoms with Crippen LogP contribution < -0.4 is 22.8 Å². The van der Waals surface area contributed by atoms with Crippen molar-refractivity contribution in [3.8, 4) is 11.1 Å². The van der Waals surface area contributed by atoms with Gasteiger partial charge in [-0.05, 0) is 48.4 Å². The summed E-state index contributed by atoms with van der Waals surface area (Å²) in [7, 11) is 0. The molecular weight excluding hydrogens is 343 g/mol. The summed E-state index contributed by atoms with van der Waals surface area (Å²) in [6.45, 7) is 2.11. The van der Waals surface area contributed by atoms with Crippen LogP contribution >= 0.6 is 11.3 Å². The molecule has 25 heavy (non-hydrogen) atoms. The molecule has 4 N–H and O–H groups in total. The molecule has 0 atom stereocenters. The van der Waals surface area contributed by atoms with E-state index in [4.69, 9.17) is 11.6 Å². The highest BCUT2D eigenvalue weighted by atomic mass is 32.1. The molecule has 3 aromatic rings. The molecular formula is C17H17FN4O2S. The van der Waals surface area contributed by atoms with Crippen molar-refractivity contribution in [2.75, 3.05) is 5.84 Å². The lowest BCUT2D eigenvalue weighted by molar-refractivity contribution is 0.627. The molecule has 1 fully saturated rings. The zero-order chi connectivity index (χ0) is 17.9. The first-order chi connectivity index (χ1) is 11.9. The molecule has 2 aromatic heterocycles. The van der Waals surface area contributed by atoms with Crippen molar-refractivity contribution in [3.05, 3.63) is 54.6 Å². The first kappa shape index (κ1) is 16.0. The molecule has 1 aromatic carbocycles. The summed E-state index contributed by atoms with van der Waals surface area (Å²) in [5.41, 5.74) is 6.54. The van der Waals surface area contributed by atoms with Crippen LogP contribution in [-0.2, 0) is 6.54 Å². The number of fused-ring (bicyclic) bond motifs is 1. The van der Waals surface area contributed by atoms with Crippen molar-refractivity contribution < 1.29 is 4.39 Å². The van der Waals surface area contributed by atoms with Gasteiger partial charge in [0.05, 0.1) is 10.9 Å². The number of nitrogens with two attached hydrogens (primary N) is 2. The van der Waals surface area contributed by atoms with Crippen molar-refractivity contribution >= 4 is 22.2 Å². The molecule has 1 aliphatic rings. The minimum atomic E-state index is -0.682. The van der Waals surface area contributed by atoms with E-state index in [0.717, 1.165) is 17.7 Å². The van der Waals surface area contributed by atoms with Gasteiger partial charge in [0.15, 0.2) is 0 Å². The molecule has 0 saturated heterocycles. The molecule has 8 heteroatoms. The molecule has 0 bridgehead atoms. The third kappa shape index (κ3) is 2.32. The number of halogens is 1. The van der Waals surface area contributed by atoms with Crippen molar-refractivity contribution in [1.82, 2.24) is 9.24 Å². The summed E-state index contributed by atoms with van der Waals surface area (Å²) in [6, 6.07) is 3.03. The predicted molar refractivity (Wildman–Crippen MR) is 96.8 cm³/mol. The minimum Gasteiger partial charge on any atom is -0.332 e. The number of rotatable bonds is 3. The minimum absolute atomic E-state index is 0.00416. The number of hydrogen-bond acceptors (Lipinski definition) is 5. The highest BCUT2D eigenvalue weighted by Crippen LogP contribution is 2.39. The fourth-order valence-corrected chi connectivity index (χ4v) is 4.07. The van der Waals surface area contributed by atoms with Crippen LogP contribution in [0.4, 0.5) is 4.39 Å². The van der Waals surface area contributed by atoms with Crippen LogP contribution in [0.15, 0.2) is 27.1 Å². The van der Waals surface area contributed by atoms with E-state index in [2.05, 4.69) is 0 Å². The number of benzene rings is 1. The van der Waals surface area contributed by atoms with E-state index in [1.807, 2.05) is 11.4 Å². The normalized spacial score (nSPS) is 14.4. The van der Waals surface area contributed by atoms with Gasteiger partial charge in [0.2, 0.25) is 0 Å². The third-order valence-electron chi connectivity index (χ3n) is 4.65. The summed E-state index contributed by atoms with van der Waals surface area (Å²) >= 11 is 1.45. The van der Waals surface area contributed by atoms with Gasteiger partial charge in [-0.1, -0.05) is 0 Å². The van der Waals surface area contributed by atoms with E-state index in [0.29, 0.717) is 33.4 Å². The van der Waals surface area contributed by atoms with Crippen LogP contribution in [0.2, 0.25) is 0 Å². The number of aromatic nitrogens is 2. The summed E-state index contributed by atoms with van der Waals surface area (Å²) in [5, 5.41) is 1.96. The number of nitrogen functional groups attached to an aromatic ring is 1. The smallest absolute Gasteiger partial charge is 0.332 e. The molecule has 1 saturated carbocycles. The summed E-state index contributed by atoms with van der Waals surface area (Å²) in [4.78, 5) is 25.8. The van der Waals surface area contributed by atoms with E-state index in [9.17, 15) is 14.0 Å². The number of nitrogens with zero attached hydrogens (tertiary/aromatic N) is 2. The molecule has 6 nitrogen and oxygen atoms in total. The Hall–Kier alpha value is -2.45. The number of hydrogen-bond donors (Lipinski definition) is 2. The molecule has 1 aliphatic carbocycles. The molecule has 0 amide bonds. The maximum Gasteiger partial charge on any atom is 0.350 e. The second-order valence-corrected chi connectivity index (χ2v) is 7.32. The van der Waals surface area contributed by atoms with Gasteiger partial charge in [0.25, 0.3) is 5.56 Å². The molecule has 0 spiro atoms. The Morgan fingerprint density at radius 2 is 2.04 bits per heavy atom. The van der Waals surface area contributed by atoms with Crippen LogP contribution in [0, 0.1) is 12.7 Å². The Balaban J connectivity index is 2.14. The van der Waals surface area contributed by atoms with E-state index in [1.165, 1.54) is 22.0 Å². The first-order valence-corrected chi connectivity index (χ1v) is 8.85. The second kappa shape index (κ2) is 5.53. The topological polar surface area (TPSA) is 96.0 Å². The van der Waals surface area contributed by atoms with Crippen LogP contribution in [-0.4, -0.2) is 9.24 Å². The highest BCUT2D eigenvalue weighted by molar-refractivity contribution is 7.10. The number of thiophene rings is 1. The van der Waals surface area contributed by atoms with E-state index in [-0.39, 0.29) is 11.4 Å². The Kier molecular flexibility index (Phi) is 3.55. The largest absolute Gasteiger partial charge is 0.350 e. The highest BCUT2D eigenvalue weighted by Gasteiger charge is 2.30. The molecule has 4 rings (SSSR count). The van der Waals surface area contributed by atoms with E-state index in [1.54, 1.807) is 6.92 Å². The predicted octanol–water partition coefficient (Wildman–Crippen LogP) is 1.85. The van der Waals surface area contributed by atoms with Gasteiger partial charge in [0, 0.05) is 23.0 Å². The van der Waals surface area contributed by atoms with E-state index >= 15 is 0 Å². The van der Waals surface area contributed by atoms with Crippen LogP contribution in [0.25, 0.3) is 22.0 Å². The molecule has 130 valence electrons. The zero-order valence-electron chi connectivity index (χ0n) is 13.6. The molecule has 0 aliphatic heterocycles. The van der Waals surface area contributed by atoms with Crippen molar-refractivity contribution in [3.63, 3.8) is 0 Å². The number of aryl methyl sites for hydroxylation is 1. The van der Waals surface area contributed by atoms with Gasteiger partial charge in [-0.15, -0.1) is 11.3 Å². The average molecular weight is 360 g/mol. The average Bonchev–Trinajstić information content (AvgIpc) is 3.31. The Morgan fingerprint density at radius 1 is 1.32 bits per heavy atom. The van der Waals surface area contributed by atoms with Crippen molar-refractivity contribution in [2.24, 2.45) is 5.73 Å². The maximum absolute atomic E-state index is 14.8. The summed E-state index contributed by atoms with van der Waals surface area (Å²) in [5.74, 6) is 5.11. The van der Waals surface area contributed by atoms with Crippen LogP contribution in [0.3, 0.4) is 0 Å². The molecule has 0 unspecified atom stereocenters. The lowest BCUT2D eigenvalue weighted by Crippen LogP contribution is -2.44. The van der Waals surface area contributed by atoms with Gasteiger partial charge in [-0.2, -0.15) is 4.68 Å². The van der Waals surface area contributed by atoms with Crippen LogP contribution in [0.1, 0.15) is 29.3 Å². The van der Waals surface area contributed by atoms with Gasteiger partial charge in [0.1, 0.15) is 5.82 Å². The molecule has 0 radical (unpaired) electrons. The lowest BCUT2D eigenvalue weighted by atomic mass is 9.98. The monoisotopic (exact) mass is 360 g/mol. The van der Waals surface area contributed by atoms with Gasteiger partial charge >= 0.3 is 5.69 Å². The summed E-state index contributed by atoms with van der Waals surface area (Å²) in [6.07, 6.45) is 1.68. The Morgan fingerprint density at radius 3 is 2.64 bits per heavy atom. The Bertz CT molecular complexity index is 1120. The standard InChI is InChI=1S/C17H17FN4O2S/c1-8-14(9-4-11(6-19)25-7-9)13(18)5-12-15(8)21(10-2-3-10)17(24)22(20)16(12)23/h4-5,7,10H,2-3,6,19-20H2,1H3. The fourth-order valence-electron chi connectivity index (χ4n) is 3.31. The molecule has 2 heterocycles. The van der Waals surface area contributed by atoms with Gasteiger partial charge in [-0.3, -0.25) is 9.36 Å². The Labute approximate surface area is 146 Å². The SMILES string of the molecule is Cc1c(-c2csc(CN)c2)c(F)cc2c(=O)n(N)c(=O)n(C3CC3)c12. The maximum atomic E-state index is 14.8.